The molecule has 0 rings (SSSR count). The van der Waals surface area contributed by atoms with Gasteiger partial charge >= 0.3 is 23.9 Å². The first-order chi connectivity index (χ1) is 10.1. The Kier molecular flexibility index (Phi) is 42.9. The van der Waals surface area contributed by atoms with Crippen molar-refractivity contribution in [3.8, 4) is 0 Å². The van der Waals surface area contributed by atoms with Crippen molar-refractivity contribution in [2.24, 2.45) is 0 Å². The molecule has 23 heavy (non-hydrogen) atoms. The Morgan fingerprint density at radius 3 is 0.957 bits per heavy atom. The van der Waals surface area contributed by atoms with Crippen molar-refractivity contribution in [2.75, 3.05) is 0 Å². The number of hydrogen-bond donors (Lipinski definition) is 0. The van der Waals surface area contributed by atoms with Crippen molar-refractivity contribution in [1.82, 2.24) is 0 Å². The molecule has 0 unspecified atom stereocenters. The SMILES string of the molecule is CC(=O)/C=C(\C)[O-].CC(=O)/C=C(\C)[O-].[CH2-]CCC.[CH2-]CCC.[Sn+4]. The van der Waals surface area contributed by atoms with Gasteiger partial charge in [0.05, 0.1) is 0 Å². The Morgan fingerprint density at radius 1 is 0.783 bits per heavy atom. The van der Waals surface area contributed by atoms with E-state index < -0.39 is 0 Å². The minimum absolute atomic E-state index is 0. The van der Waals surface area contributed by atoms with Gasteiger partial charge in [-0.05, 0) is 26.0 Å². The van der Waals surface area contributed by atoms with E-state index in [4.69, 9.17) is 0 Å². The molecule has 0 saturated heterocycles. The number of unbranched alkanes of at least 4 members (excludes halogenated alkanes) is 2. The zero-order valence-corrected chi connectivity index (χ0v) is 18.4. The molecule has 0 atom stereocenters. The smallest absolute Gasteiger partial charge is 0.876 e. The molecular formula is C18H32O4Sn. The minimum Gasteiger partial charge on any atom is -0.876 e. The predicted octanol–water partition coefficient (Wildman–Crippen LogP) is 2.54. The summed E-state index contributed by atoms with van der Waals surface area (Å²) in [6, 6.07) is 0. The monoisotopic (exact) mass is 432 g/mol. The van der Waals surface area contributed by atoms with Crippen LogP contribution in [0, 0.1) is 13.8 Å². The molecule has 0 aliphatic rings. The third-order valence-corrected chi connectivity index (χ3v) is 1.52. The van der Waals surface area contributed by atoms with Crippen LogP contribution in [0.5, 0.6) is 0 Å². The molecule has 0 radical (unpaired) electrons. The summed E-state index contributed by atoms with van der Waals surface area (Å²) in [6.45, 7) is 16.8. The van der Waals surface area contributed by atoms with Gasteiger partial charge < -0.3 is 24.1 Å². The van der Waals surface area contributed by atoms with E-state index in [9.17, 15) is 19.8 Å². The summed E-state index contributed by atoms with van der Waals surface area (Å²) < 4.78 is 0. The average Bonchev–Trinajstić information content (AvgIpc) is 2.36. The molecule has 0 aliphatic heterocycles. The fourth-order valence-electron chi connectivity index (χ4n) is 0.572. The van der Waals surface area contributed by atoms with Crippen LogP contribution in [0.3, 0.4) is 0 Å². The summed E-state index contributed by atoms with van der Waals surface area (Å²) in [5, 5.41) is 20.0. The third kappa shape index (κ3) is 92.2. The molecule has 0 aromatic rings. The molecule has 132 valence electrons. The standard InChI is InChI=1S/2C5H8O2.2C4H9.Sn/c2*1-4(6)3-5(2)7;2*1-3-4-2;/h2*3,6H,1-2H3;2*1,3-4H2,2H3;/q;;2*-1;+4/p-2/b2*4-3+;;;. The van der Waals surface area contributed by atoms with Gasteiger partial charge in [-0.3, -0.25) is 9.59 Å². The molecular weight excluding hydrogens is 399 g/mol. The van der Waals surface area contributed by atoms with Crippen LogP contribution in [0.15, 0.2) is 23.7 Å². The second-order valence-electron chi connectivity index (χ2n) is 4.44. The Labute approximate surface area is 160 Å². The van der Waals surface area contributed by atoms with E-state index in [0.29, 0.717) is 0 Å². The molecule has 4 nitrogen and oxygen atoms in total. The van der Waals surface area contributed by atoms with E-state index in [1.807, 2.05) is 0 Å². The van der Waals surface area contributed by atoms with E-state index in [2.05, 4.69) is 27.7 Å². The van der Waals surface area contributed by atoms with Gasteiger partial charge in [-0.1, -0.05) is 40.5 Å². The number of carbonyl (C=O) groups excluding carboxylic acids is 2. The van der Waals surface area contributed by atoms with E-state index >= 15 is 0 Å². The van der Waals surface area contributed by atoms with Crippen LogP contribution in [0.2, 0.25) is 0 Å². The first kappa shape index (κ1) is 33.7. The number of carbonyl (C=O) groups is 2. The van der Waals surface area contributed by atoms with Crippen molar-refractivity contribution >= 4 is 35.5 Å². The maximum Gasteiger partial charge on any atom is 4.00 e. The maximum atomic E-state index is 9.98. The molecule has 0 heterocycles. The summed E-state index contributed by atoms with van der Waals surface area (Å²) in [5.74, 6) is -0.750. The first-order valence-corrected chi connectivity index (χ1v) is 7.39. The molecule has 5 heteroatoms. The van der Waals surface area contributed by atoms with Crippen LogP contribution in [0.4, 0.5) is 0 Å². The van der Waals surface area contributed by atoms with Gasteiger partial charge in [-0.25, -0.2) is 0 Å². The minimum atomic E-state index is -0.187. The summed E-state index contributed by atoms with van der Waals surface area (Å²) in [4.78, 5) is 20.0. The van der Waals surface area contributed by atoms with E-state index in [-0.39, 0.29) is 47.0 Å². The number of rotatable bonds is 4. The van der Waals surface area contributed by atoms with Crippen LogP contribution in [-0.4, -0.2) is 35.5 Å². The van der Waals surface area contributed by atoms with Crippen molar-refractivity contribution in [3.05, 3.63) is 37.5 Å². The van der Waals surface area contributed by atoms with Gasteiger partial charge in [0.15, 0.2) is 11.6 Å². The summed E-state index contributed by atoms with van der Waals surface area (Å²) in [5.41, 5.74) is 0. The van der Waals surface area contributed by atoms with Crippen LogP contribution in [0.25, 0.3) is 0 Å². The molecule has 0 aromatic heterocycles. The van der Waals surface area contributed by atoms with Crippen molar-refractivity contribution in [1.29, 1.82) is 0 Å². The van der Waals surface area contributed by atoms with Crippen LogP contribution in [0.1, 0.15) is 67.2 Å². The van der Waals surface area contributed by atoms with Gasteiger partial charge in [0.1, 0.15) is 0 Å². The Balaban J connectivity index is -0.0000000639. The van der Waals surface area contributed by atoms with Crippen molar-refractivity contribution in [2.45, 2.75) is 67.2 Å². The zero-order chi connectivity index (χ0) is 18.6. The maximum absolute atomic E-state index is 9.98. The normalized spacial score (nSPS) is 9.57. The van der Waals surface area contributed by atoms with E-state index in [1.165, 1.54) is 40.5 Å². The predicted molar refractivity (Wildman–Crippen MR) is 95.2 cm³/mol. The molecule has 0 amide bonds. The summed E-state index contributed by atoms with van der Waals surface area (Å²) in [7, 11) is 0. The van der Waals surface area contributed by atoms with Crippen LogP contribution >= 0.6 is 0 Å². The van der Waals surface area contributed by atoms with E-state index in [0.717, 1.165) is 25.0 Å². The van der Waals surface area contributed by atoms with E-state index in [1.54, 1.807) is 0 Å². The average molecular weight is 431 g/mol. The number of hydrogen-bond acceptors (Lipinski definition) is 4. The third-order valence-electron chi connectivity index (χ3n) is 1.52. The number of ketones is 2. The molecule has 0 bridgehead atoms. The topological polar surface area (TPSA) is 80.3 Å². The molecule has 0 fully saturated rings. The Hall–Kier alpha value is -0.781. The van der Waals surface area contributed by atoms with Gasteiger partial charge in [0.2, 0.25) is 0 Å². The Morgan fingerprint density at radius 2 is 0.957 bits per heavy atom. The zero-order valence-electron chi connectivity index (χ0n) is 15.5. The van der Waals surface area contributed by atoms with Crippen molar-refractivity contribution in [3.63, 3.8) is 0 Å². The van der Waals surface area contributed by atoms with Gasteiger partial charge in [-0.15, -0.1) is 11.5 Å². The molecule has 0 saturated carbocycles. The fourth-order valence-corrected chi connectivity index (χ4v) is 0.572. The largest absolute Gasteiger partial charge is 4.00 e. The van der Waals surface area contributed by atoms with Gasteiger partial charge in [0, 0.05) is 0 Å². The molecule has 0 aliphatic carbocycles. The molecule has 0 aromatic carbocycles. The van der Waals surface area contributed by atoms with Gasteiger partial charge in [0.25, 0.3) is 0 Å². The van der Waals surface area contributed by atoms with Crippen molar-refractivity contribution < 1.29 is 19.8 Å². The van der Waals surface area contributed by atoms with Crippen LogP contribution < -0.4 is 10.2 Å². The summed E-state index contributed by atoms with van der Waals surface area (Å²) in [6.07, 6.45) is 6.67. The second-order valence-corrected chi connectivity index (χ2v) is 4.44. The Bertz CT molecular complexity index is 277. The van der Waals surface area contributed by atoms with Gasteiger partial charge in [-0.2, -0.15) is 12.8 Å². The van der Waals surface area contributed by atoms with Crippen LogP contribution in [-0.2, 0) is 9.59 Å². The second kappa shape index (κ2) is 29.3. The fraction of sp³-hybridized carbons (Fsp3) is 0.556. The molecule has 0 N–H and O–H groups in total. The quantitative estimate of drug-likeness (QED) is 0.297. The summed E-state index contributed by atoms with van der Waals surface area (Å²) >= 11 is 0. The number of allylic oxidation sites excluding steroid dienone is 4. The molecule has 0 spiro atoms. The first-order valence-electron chi connectivity index (χ1n) is 7.39.